The first-order valence-electron chi connectivity index (χ1n) is 17.9. The molecule has 0 aromatic heterocycles. The van der Waals surface area contributed by atoms with Crippen LogP contribution in [0.2, 0.25) is 0 Å². The maximum atomic E-state index is 13.7. The lowest BCUT2D eigenvalue weighted by Gasteiger charge is -2.48. The third-order valence-corrected chi connectivity index (χ3v) is 9.64. The molecule has 5 atom stereocenters. The van der Waals surface area contributed by atoms with E-state index in [0.717, 1.165) is 17.5 Å². The van der Waals surface area contributed by atoms with Gasteiger partial charge in [-0.2, -0.15) is 0 Å². The molecule has 304 valence electrons. The van der Waals surface area contributed by atoms with Crippen LogP contribution in [0.25, 0.3) is 0 Å². The lowest BCUT2D eigenvalue weighted by molar-refractivity contribution is -0.320. The third kappa shape index (κ3) is 8.57. The molecular weight excluding hydrogens is 736 g/mol. The Balaban J connectivity index is 1.45. The van der Waals surface area contributed by atoms with Crippen LogP contribution in [-0.2, 0) is 28.7 Å². The van der Waals surface area contributed by atoms with E-state index in [4.69, 9.17) is 34.2 Å². The summed E-state index contributed by atoms with van der Waals surface area (Å²) in [5, 5.41) is 71.6. The number of aryl methyl sites for hydroxylation is 1. The van der Waals surface area contributed by atoms with Crippen molar-refractivity contribution in [3.05, 3.63) is 64.2 Å². The molecule has 0 radical (unpaired) electrons. The highest BCUT2D eigenvalue weighted by atomic mass is 16.7. The van der Waals surface area contributed by atoms with Gasteiger partial charge in [-0.05, 0) is 37.3 Å². The number of carboxylic acids is 1. The largest absolute Gasteiger partial charge is 0.504 e. The van der Waals surface area contributed by atoms with Gasteiger partial charge in [-0.3, -0.25) is 4.99 Å². The molecule has 0 aliphatic carbocycles. The summed E-state index contributed by atoms with van der Waals surface area (Å²) in [6, 6.07) is 10.3. The summed E-state index contributed by atoms with van der Waals surface area (Å²) in [5.74, 6) is -4.46. The molecule has 0 saturated carbocycles. The van der Waals surface area contributed by atoms with Crippen LogP contribution in [-0.4, -0.2) is 119 Å². The number of hydrogen-bond donors (Lipinski definition) is 9. The van der Waals surface area contributed by atoms with Crippen molar-refractivity contribution in [3.63, 3.8) is 0 Å². The standard InChI is InChI=1S/C38H48N4O14/c1-5-19-8-7-9-20(14-19)11-13-52-32-27(43)26-21(31(51-4)30(32)46)10-12-38(17-53-35(26)50)33(47)28(44)29(45)36(56-38)55-25-16-23(41-6-2)22(34(48)49)15-24(25)54-18-42-37(39)40-3/h7-9,14-16,28-29,33,36,41,43-47H,5-6,10-13,17-18H2,1-4H3,(H,48,49)(H3,39,40,42). The van der Waals surface area contributed by atoms with E-state index in [1.807, 2.05) is 31.2 Å². The Labute approximate surface area is 322 Å². The molecule has 2 aliphatic heterocycles. The first-order valence-corrected chi connectivity index (χ1v) is 17.9. The van der Waals surface area contributed by atoms with Crippen LogP contribution in [0.4, 0.5) is 5.69 Å². The molecule has 0 amide bonds. The molecule has 18 heteroatoms. The van der Waals surface area contributed by atoms with E-state index in [1.165, 1.54) is 26.3 Å². The molecule has 56 heavy (non-hydrogen) atoms. The molecule has 10 N–H and O–H groups in total. The van der Waals surface area contributed by atoms with Gasteiger partial charge in [0.2, 0.25) is 17.8 Å². The number of benzene rings is 3. The molecule has 0 bridgehead atoms. The number of aliphatic hydroxyl groups excluding tert-OH is 3. The van der Waals surface area contributed by atoms with Gasteiger partial charge in [-0.15, -0.1) is 0 Å². The molecule has 5 unspecified atom stereocenters. The Morgan fingerprint density at radius 3 is 2.46 bits per heavy atom. The number of methoxy groups -OCH3 is 1. The fourth-order valence-corrected chi connectivity index (χ4v) is 6.61. The van der Waals surface area contributed by atoms with Gasteiger partial charge in [0, 0.05) is 37.7 Å². The summed E-state index contributed by atoms with van der Waals surface area (Å²) in [4.78, 5) is 29.6. The van der Waals surface area contributed by atoms with E-state index in [2.05, 4.69) is 15.6 Å². The highest BCUT2D eigenvalue weighted by Crippen LogP contribution is 2.51. The number of esters is 1. The number of rotatable bonds is 14. The number of cyclic esters (lactones) is 1. The number of nitrogens with two attached hydrogens (primary N) is 1. The minimum atomic E-state index is -1.94. The molecule has 1 spiro atoms. The SMILES string of the molecule is CCNc1cc(OC2OC3(CCc4c(OC)c(O)c(OCCc5cccc(CC)c5)c(O)c4C(=O)OC3)C(O)C(O)C2O)c(OCNC(N)=NC)cc1C(=O)O. The summed E-state index contributed by atoms with van der Waals surface area (Å²) < 4.78 is 34.8. The van der Waals surface area contributed by atoms with E-state index < -0.39 is 60.2 Å². The number of phenolic OH excluding ortho intramolecular Hbond substituents is 2. The number of aromatic hydroxyl groups is 2. The zero-order valence-electron chi connectivity index (χ0n) is 31.4. The topological polar surface area (TPSA) is 273 Å². The number of carbonyl (C=O) groups is 2. The number of guanidine groups is 1. The molecule has 2 heterocycles. The number of aliphatic hydroxyl groups is 3. The van der Waals surface area contributed by atoms with Crippen LogP contribution in [0.3, 0.4) is 0 Å². The van der Waals surface area contributed by atoms with Gasteiger partial charge >= 0.3 is 11.9 Å². The van der Waals surface area contributed by atoms with Gasteiger partial charge < -0.3 is 75.4 Å². The monoisotopic (exact) mass is 784 g/mol. The Kier molecular flexibility index (Phi) is 13.2. The average molecular weight is 785 g/mol. The van der Waals surface area contributed by atoms with Gasteiger partial charge in [-0.25, -0.2) is 9.59 Å². The lowest BCUT2D eigenvalue weighted by Crippen LogP contribution is -2.67. The number of ether oxygens (including phenoxy) is 6. The fraction of sp³-hybridized carbons (Fsp3) is 0.447. The van der Waals surface area contributed by atoms with Crippen LogP contribution in [0.1, 0.15) is 57.7 Å². The van der Waals surface area contributed by atoms with Crippen molar-refractivity contribution in [2.75, 3.05) is 46.0 Å². The van der Waals surface area contributed by atoms with Crippen molar-refractivity contribution in [3.8, 4) is 34.5 Å². The Bertz CT molecular complexity index is 1940. The van der Waals surface area contributed by atoms with Gasteiger partial charge in [0.25, 0.3) is 0 Å². The average Bonchev–Trinajstić information content (AvgIpc) is 3.18. The first kappa shape index (κ1) is 41.5. The van der Waals surface area contributed by atoms with Crippen molar-refractivity contribution < 1.29 is 68.6 Å². The summed E-state index contributed by atoms with van der Waals surface area (Å²) in [6.45, 7) is 3.17. The van der Waals surface area contributed by atoms with Crippen molar-refractivity contribution in [2.45, 2.75) is 69.7 Å². The van der Waals surface area contributed by atoms with Crippen molar-refractivity contribution in [1.29, 1.82) is 0 Å². The maximum Gasteiger partial charge on any atom is 0.342 e. The number of phenols is 2. The van der Waals surface area contributed by atoms with Crippen LogP contribution in [0, 0.1) is 0 Å². The molecule has 3 aromatic carbocycles. The van der Waals surface area contributed by atoms with Crippen LogP contribution >= 0.6 is 0 Å². The van der Waals surface area contributed by atoms with Gasteiger partial charge in [0.1, 0.15) is 36.1 Å². The molecule has 5 rings (SSSR count). The maximum absolute atomic E-state index is 13.7. The number of nitrogens with zero attached hydrogens (tertiary/aromatic N) is 1. The molecule has 2 aliphatic rings. The van der Waals surface area contributed by atoms with E-state index >= 15 is 0 Å². The Morgan fingerprint density at radius 1 is 1.04 bits per heavy atom. The second-order valence-electron chi connectivity index (χ2n) is 13.1. The number of carbonyl (C=O) groups excluding carboxylic acids is 1. The molecular formula is C38H48N4O14. The normalized spacial score (nSPS) is 22.3. The quantitative estimate of drug-likeness (QED) is 0.0487. The summed E-state index contributed by atoms with van der Waals surface area (Å²) >= 11 is 0. The Morgan fingerprint density at radius 2 is 1.79 bits per heavy atom. The van der Waals surface area contributed by atoms with Crippen LogP contribution in [0.5, 0.6) is 34.5 Å². The molecule has 18 nitrogen and oxygen atoms in total. The molecule has 1 saturated heterocycles. The number of aliphatic imine (C=N–C) groups is 1. The predicted octanol–water partition coefficient (Wildman–Crippen LogP) is 1.65. The minimum Gasteiger partial charge on any atom is -0.504 e. The van der Waals surface area contributed by atoms with E-state index in [9.17, 15) is 40.2 Å². The second-order valence-corrected chi connectivity index (χ2v) is 13.1. The number of fused-ring (bicyclic) bond motifs is 1. The fourth-order valence-electron chi connectivity index (χ4n) is 6.61. The summed E-state index contributed by atoms with van der Waals surface area (Å²) in [7, 11) is 2.69. The predicted molar refractivity (Wildman–Crippen MR) is 200 cm³/mol. The zero-order valence-corrected chi connectivity index (χ0v) is 31.4. The number of hydrogen-bond acceptors (Lipinski definition) is 15. The summed E-state index contributed by atoms with van der Waals surface area (Å²) in [5.41, 5.74) is 5.46. The summed E-state index contributed by atoms with van der Waals surface area (Å²) in [6.07, 6.45) is -6.56. The van der Waals surface area contributed by atoms with Gasteiger partial charge in [-0.1, -0.05) is 31.2 Å². The third-order valence-electron chi connectivity index (χ3n) is 9.64. The Hall–Kier alpha value is -5.69. The van der Waals surface area contributed by atoms with E-state index in [1.54, 1.807) is 6.92 Å². The van der Waals surface area contributed by atoms with Crippen molar-refractivity contribution in [2.24, 2.45) is 10.7 Å². The number of anilines is 1. The highest BCUT2D eigenvalue weighted by Gasteiger charge is 2.56. The first-order chi connectivity index (χ1) is 26.8. The number of nitrogens with one attached hydrogen (secondary N) is 2. The molecule has 1 fully saturated rings. The lowest BCUT2D eigenvalue weighted by atomic mass is 9.81. The van der Waals surface area contributed by atoms with Crippen LogP contribution in [0.15, 0.2) is 41.4 Å². The van der Waals surface area contributed by atoms with E-state index in [-0.39, 0.29) is 77.5 Å². The molecule has 3 aromatic rings. The van der Waals surface area contributed by atoms with Crippen LogP contribution < -0.4 is 35.3 Å². The van der Waals surface area contributed by atoms with Gasteiger partial charge in [0.15, 0.2) is 35.7 Å². The smallest absolute Gasteiger partial charge is 0.342 e. The second kappa shape index (κ2) is 17.8. The number of aromatic carboxylic acids is 1. The highest BCUT2D eigenvalue weighted by molar-refractivity contribution is 5.97. The van der Waals surface area contributed by atoms with Crippen molar-refractivity contribution in [1.82, 2.24) is 5.32 Å². The van der Waals surface area contributed by atoms with Crippen molar-refractivity contribution >= 4 is 23.6 Å². The number of carboxylic acid groups (broad SMARTS) is 1. The minimum absolute atomic E-state index is 0.000992. The zero-order chi connectivity index (χ0) is 40.7. The van der Waals surface area contributed by atoms with E-state index in [0.29, 0.717) is 13.0 Å². The van der Waals surface area contributed by atoms with Gasteiger partial charge in [0.05, 0.1) is 25.0 Å².